The van der Waals surface area contributed by atoms with Gasteiger partial charge in [0.1, 0.15) is 18.1 Å². The number of aliphatic imine (C=N–C) groups is 1. The molecule has 1 aliphatic heterocycles. The van der Waals surface area contributed by atoms with Gasteiger partial charge in [0.2, 0.25) is 17.7 Å². The first-order valence-electron chi connectivity index (χ1n) is 12.5. The molecule has 204 valence electrons. The molecule has 1 fully saturated rings. The number of carbonyl (C=O) groups is 4. The number of likely N-dealkylation sites (tertiary alicyclic amines) is 1. The van der Waals surface area contributed by atoms with E-state index in [0.717, 1.165) is 5.56 Å². The maximum atomic E-state index is 13.3. The monoisotopic (exact) mass is 517 g/mol. The zero-order valence-electron chi connectivity index (χ0n) is 21.4. The fourth-order valence-electron chi connectivity index (χ4n) is 4.25. The number of guanidine groups is 1. The summed E-state index contributed by atoms with van der Waals surface area (Å²) in [7, 11) is 0. The van der Waals surface area contributed by atoms with Crippen molar-refractivity contribution in [1.82, 2.24) is 15.5 Å². The Morgan fingerprint density at radius 3 is 2.41 bits per heavy atom. The van der Waals surface area contributed by atoms with Gasteiger partial charge in [0, 0.05) is 19.5 Å². The van der Waals surface area contributed by atoms with Gasteiger partial charge < -0.3 is 37.8 Å². The van der Waals surface area contributed by atoms with Crippen LogP contribution in [-0.2, 0) is 25.6 Å². The van der Waals surface area contributed by atoms with E-state index in [2.05, 4.69) is 15.6 Å². The van der Waals surface area contributed by atoms with Crippen molar-refractivity contribution in [3.63, 3.8) is 0 Å². The van der Waals surface area contributed by atoms with E-state index < -0.39 is 42.0 Å². The Morgan fingerprint density at radius 2 is 1.81 bits per heavy atom. The first-order valence-corrected chi connectivity index (χ1v) is 12.5. The molecule has 0 aromatic heterocycles. The van der Waals surface area contributed by atoms with Crippen molar-refractivity contribution in [2.45, 2.75) is 70.1 Å². The number of nitrogens with two attached hydrogens (primary N) is 3. The molecule has 0 bridgehead atoms. The van der Waals surface area contributed by atoms with Crippen LogP contribution in [0.15, 0.2) is 35.3 Å². The molecule has 1 aliphatic rings. The second-order valence-corrected chi connectivity index (χ2v) is 9.56. The van der Waals surface area contributed by atoms with E-state index in [9.17, 15) is 24.3 Å². The highest BCUT2D eigenvalue weighted by molar-refractivity contribution is 5.94. The topological polar surface area (TPSA) is 206 Å². The number of carbonyl (C=O) groups excluding carboxylic acids is 3. The van der Waals surface area contributed by atoms with Gasteiger partial charge in [0.05, 0.1) is 6.04 Å². The van der Waals surface area contributed by atoms with Crippen LogP contribution < -0.4 is 27.8 Å². The summed E-state index contributed by atoms with van der Waals surface area (Å²) in [5.74, 6) is -2.98. The van der Waals surface area contributed by atoms with Gasteiger partial charge in [-0.2, -0.15) is 0 Å². The zero-order chi connectivity index (χ0) is 27.5. The highest BCUT2D eigenvalue weighted by atomic mass is 16.4. The zero-order valence-corrected chi connectivity index (χ0v) is 21.4. The number of nitrogens with zero attached hydrogens (tertiary/aromatic N) is 2. The number of rotatable bonds is 13. The normalized spacial score (nSPS) is 17.5. The number of carboxylic acid groups (broad SMARTS) is 1. The largest absolute Gasteiger partial charge is 0.480 e. The standard InChI is InChI=1S/C25H39N7O5/c1-15(2)20(24(36)37)31-21(33)18(14-16-8-4-3-5-9-16)30-22(34)19-11-7-13-32(19)23(35)17(26)10-6-12-29-25(27)28/h3-5,8-9,15,17-20H,6-7,10-14,26H2,1-2H3,(H,30,34)(H,31,33)(H,36,37)(H4,27,28,29). The van der Waals surface area contributed by atoms with Crippen molar-refractivity contribution in [2.24, 2.45) is 28.1 Å². The molecule has 1 aromatic rings. The van der Waals surface area contributed by atoms with Crippen molar-refractivity contribution in [2.75, 3.05) is 13.1 Å². The average molecular weight is 518 g/mol. The average Bonchev–Trinajstić information content (AvgIpc) is 3.34. The Kier molecular flexibility index (Phi) is 11.3. The van der Waals surface area contributed by atoms with Gasteiger partial charge in [0.25, 0.3) is 0 Å². The summed E-state index contributed by atoms with van der Waals surface area (Å²) in [5.41, 5.74) is 17.5. The SMILES string of the molecule is CC(C)C(NC(=O)C(Cc1ccccc1)NC(=O)C1CCCN1C(=O)C(N)CCCN=C(N)N)C(=O)O. The van der Waals surface area contributed by atoms with Gasteiger partial charge in [-0.25, -0.2) is 4.79 Å². The number of carboxylic acids is 1. The number of benzene rings is 1. The van der Waals surface area contributed by atoms with E-state index in [-0.39, 0.29) is 24.2 Å². The molecule has 4 atom stereocenters. The summed E-state index contributed by atoms with van der Waals surface area (Å²) >= 11 is 0. The van der Waals surface area contributed by atoms with Crippen molar-refractivity contribution < 1.29 is 24.3 Å². The lowest BCUT2D eigenvalue weighted by molar-refractivity contribution is -0.144. The lowest BCUT2D eigenvalue weighted by Crippen LogP contribution is -2.57. The van der Waals surface area contributed by atoms with Crippen LogP contribution in [0.4, 0.5) is 0 Å². The van der Waals surface area contributed by atoms with Crippen LogP contribution in [0.25, 0.3) is 0 Å². The molecule has 2 rings (SSSR count). The number of nitrogens with one attached hydrogen (secondary N) is 2. The summed E-state index contributed by atoms with van der Waals surface area (Å²) in [5, 5.41) is 14.8. The second-order valence-electron chi connectivity index (χ2n) is 9.56. The molecule has 1 aromatic carbocycles. The van der Waals surface area contributed by atoms with Gasteiger partial charge >= 0.3 is 5.97 Å². The first kappa shape index (κ1) is 29.6. The van der Waals surface area contributed by atoms with E-state index in [1.54, 1.807) is 13.8 Å². The second kappa shape index (κ2) is 14.2. The fourth-order valence-corrected chi connectivity index (χ4v) is 4.25. The van der Waals surface area contributed by atoms with E-state index in [1.165, 1.54) is 4.90 Å². The predicted octanol–water partition coefficient (Wildman–Crippen LogP) is -0.689. The molecular formula is C25H39N7O5. The Morgan fingerprint density at radius 1 is 1.14 bits per heavy atom. The van der Waals surface area contributed by atoms with Crippen LogP contribution in [0, 0.1) is 5.92 Å². The molecule has 1 heterocycles. The van der Waals surface area contributed by atoms with Crippen LogP contribution in [0.2, 0.25) is 0 Å². The van der Waals surface area contributed by atoms with E-state index in [1.807, 2.05) is 30.3 Å². The summed E-state index contributed by atoms with van der Waals surface area (Å²) in [4.78, 5) is 56.3. The molecule has 3 amide bonds. The maximum absolute atomic E-state index is 13.3. The lowest BCUT2D eigenvalue weighted by Gasteiger charge is -2.29. The fraction of sp³-hybridized carbons (Fsp3) is 0.560. The summed E-state index contributed by atoms with van der Waals surface area (Å²) in [6.45, 7) is 4.10. The third-order valence-corrected chi connectivity index (χ3v) is 6.27. The Labute approximate surface area is 217 Å². The molecule has 12 heteroatoms. The third kappa shape index (κ3) is 9.05. The number of amides is 3. The van der Waals surface area contributed by atoms with Gasteiger partial charge in [-0.1, -0.05) is 44.2 Å². The van der Waals surface area contributed by atoms with Crippen LogP contribution in [0.3, 0.4) is 0 Å². The number of aliphatic carboxylic acids is 1. The predicted molar refractivity (Wildman–Crippen MR) is 139 cm³/mol. The molecule has 1 saturated heterocycles. The smallest absolute Gasteiger partial charge is 0.326 e. The molecule has 37 heavy (non-hydrogen) atoms. The lowest BCUT2D eigenvalue weighted by atomic mass is 10.0. The summed E-state index contributed by atoms with van der Waals surface area (Å²) in [6.07, 6.45) is 2.07. The van der Waals surface area contributed by atoms with Gasteiger partial charge in [-0.05, 0) is 37.2 Å². The minimum absolute atomic E-state index is 0.0339. The number of hydrogen-bond acceptors (Lipinski definition) is 6. The van der Waals surface area contributed by atoms with Crippen LogP contribution in [0.1, 0.15) is 45.1 Å². The molecule has 0 spiro atoms. The highest BCUT2D eigenvalue weighted by Crippen LogP contribution is 2.20. The van der Waals surface area contributed by atoms with Gasteiger partial charge in [0.15, 0.2) is 5.96 Å². The van der Waals surface area contributed by atoms with Crippen LogP contribution >= 0.6 is 0 Å². The Bertz CT molecular complexity index is 965. The van der Waals surface area contributed by atoms with Crippen molar-refractivity contribution in [3.05, 3.63) is 35.9 Å². The minimum atomic E-state index is -1.16. The molecule has 0 radical (unpaired) electrons. The molecule has 9 N–H and O–H groups in total. The van der Waals surface area contributed by atoms with Crippen molar-refractivity contribution in [1.29, 1.82) is 0 Å². The van der Waals surface area contributed by atoms with Gasteiger partial charge in [-0.15, -0.1) is 0 Å². The van der Waals surface area contributed by atoms with Gasteiger partial charge in [-0.3, -0.25) is 19.4 Å². The van der Waals surface area contributed by atoms with E-state index >= 15 is 0 Å². The highest BCUT2D eigenvalue weighted by Gasteiger charge is 2.38. The van der Waals surface area contributed by atoms with Crippen molar-refractivity contribution >= 4 is 29.7 Å². The third-order valence-electron chi connectivity index (χ3n) is 6.27. The molecule has 4 unspecified atom stereocenters. The van der Waals surface area contributed by atoms with E-state index in [0.29, 0.717) is 38.8 Å². The van der Waals surface area contributed by atoms with E-state index in [4.69, 9.17) is 17.2 Å². The molecular weight excluding hydrogens is 478 g/mol. The minimum Gasteiger partial charge on any atom is -0.480 e. The van der Waals surface area contributed by atoms with Crippen molar-refractivity contribution in [3.8, 4) is 0 Å². The van der Waals surface area contributed by atoms with Crippen LogP contribution in [-0.4, -0.2) is 76.9 Å². The summed E-state index contributed by atoms with van der Waals surface area (Å²) in [6, 6.07) is 5.37. The Balaban J connectivity index is 2.12. The molecule has 12 nitrogen and oxygen atoms in total. The maximum Gasteiger partial charge on any atom is 0.326 e. The summed E-state index contributed by atoms with van der Waals surface area (Å²) < 4.78 is 0. The molecule has 0 saturated carbocycles. The van der Waals surface area contributed by atoms with Crippen LogP contribution in [0.5, 0.6) is 0 Å². The Hall–Kier alpha value is -3.67. The first-order chi connectivity index (χ1) is 17.5. The quantitative estimate of drug-likeness (QED) is 0.112. The number of hydrogen-bond donors (Lipinski definition) is 6. The molecule has 0 aliphatic carbocycles.